The first kappa shape index (κ1) is 27.2. The van der Waals surface area contributed by atoms with Gasteiger partial charge >= 0.3 is 12.1 Å². The first-order valence-corrected chi connectivity index (χ1v) is 11.3. The standard InChI is InChI=1S/C24H20Cl2F3N3O4/c1-13(2)32(22(33)19-6-4-15(26)12-30-19)20-7-5-16(9-17(20)23(34)35-3)36-21-18(24(27,28)29)8-14(10-25)11-31-21/h4-9,11-13H,10H2,1-3H3. The lowest BCUT2D eigenvalue weighted by Gasteiger charge is -2.28. The van der Waals surface area contributed by atoms with Crippen LogP contribution in [0, 0.1) is 0 Å². The molecule has 0 atom stereocenters. The number of pyridine rings is 2. The first-order valence-electron chi connectivity index (χ1n) is 10.4. The number of benzene rings is 1. The van der Waals surface area contributed by atoms with Crippen LogP contribution in [0.3, 0.4) is 0 Å². The Bertz CT molecular complexity index is 1270. The van der Waals surface area contributed by atoms with Gasteiger partial charge in [-0.1, -0.05) is 11.6 Å². The zero-order valence-electron chi connectivity index (χ0n) is 19.3. The van der Waals surface area contributed by atoms with Crippen LogP contribution in [0.2, 0.25) is 5.02 Å². The largest absolute Gasteiger partial charge is 0.465 e. The van der Waals surface area contributed by atoms with Crippen LogP contribution in [0.25, 0.3) is 0 Å². The lowest BCUT2D eigenvalue weighted by Crippen LogP contribution is -2.38. The quantitative estimate of drug-likeness (QED) is 0.250. The van der Waals surface area contributed by atoms with E-state index in [1.807, 2.05) is 0 Å². The Hall–Kier alpha value is -3.37. The molecule has 0 spiro atoms. The molecular weight excluding hydrogens is 522 g/mol. The van der Waals surface area contributed by atoms with E-state index in [4.69, 9.17) is 32.7 Å². The van der Waals surface area contributed by atoms with E-state index in [2.05, 4.69) is 9.97 Å². The fourth-order valence-electron chi connectivity index (χ4n) is 3.27. The van der Waals surface area contributed by atoms with Crippen molar-refractivity contribution in [3.63, 3.8) is 0 Å². The van der Waals surface area contributed by atoms with Crippen LogP contribution in [0.1, 0.15) is 45.8 Å². The normalized spacial score (nSPS) is 11.4. The number of halogens is 5. The summed E-state index contributed by atoms with van der Waals surface area (Å²) >= 11 is 11.5. The highest BCUT2D eigenvalue weighted by Gasteiger charge is 2.36. The molecule has 3 rings (SSSR count). The maximum absolute atomic E-state index is 13.6. The highest BCUT2D eigenvalue weighted by atomic mass is 35.5. The van der Waals surface area contributed by atoms with Gasteiger partial charge in [0.25, 0.3) is 5.91 Å². The third-order valence-corrected chi connectivity index (χ3v) is 5.43. The molecule has 0 aliphatic heterocycles. The maximum Gasteiger partial charge on any atom is 0.421 e. The van der Waals surface area contributed by atoms with Gasteiger partial charge in [0.1, 0.15) is 17.0 Å². The van der Waals surface area contributed by atoms with Crippen LogP contribution < -0.4 is 9.64 Å². The van der Waals surface area contributed by atoms with Gasteiger partial charge in [0.05, 0.1) is 23.4 Å². The van der Waals surface area contributed by atoms with Crippen LogP contribution in [0.5, 0.6) is 11.6 Å². The van der Waals surface area contributed by atoms with Crippen LogP contribution in [-0.4, -0.2) is 35.0 Å². The number of nitrogens with zero attached hydrogens (tertiary/aromatic N) is 3. The second-order valence-electron chi connectivity index (χ2n) is 7.73. The van der Waals surface area contributed by atoms with Gasteiger partial charge in [0.15, 0.2) is 0 Å². The van der Waals surface area contributed by atoms with Gasteiger partial charge in [-0.25, -0.2) is 14.8 Å². The minimum Gasteiger partial charge on any atom is -0.465 e. The maximum atomic E-state index is 13.6. The number of hydrogen-bond donors (Lipinski definition) is 0. The first-order chi connectivity index (χ1) is 17.0. The van der Waals surface area contributed by atoms with E-state index in [0.717, 1.165) is 19.4 Å². The number of esters is 1. The Morgan fingerprint density at radius 3 is 2.36 bits per heavy atom. The van der Waals surface area contributed by atoms with Gasteiger partial charge in [-0.3, -0.25) is 4.79 Å². The van der Waals surface area contributed by atoms with E-state index >= 15 is 0 Å². The molecule has 36 heavy (non-hydrogen) atoms. The Balaban J connectivity index is 2.07. The molecule has 0 saturated heterocycles. The number of carbonyl (C=O) groups is 2. The fourth-order valence-corrected chi connectivity index (χ4v) is 3.53. The van der Waals surface area contributed by atoms with Crippen LogP contribution in [0.15, 0.2) is 48.8 Å². The van der Waals surface area contributed by atoms with Crippen LogP contribution in [0.4, 0.5) is 18.9 Å². The summed E-state index contributed by atoms with van der Waals surface area (Å²) in [5.41, 5.74) is -0.868. The Morgan fingerprint density at radius 2 is 1.81 bits per heavy atom. The van der Waals surface area contributed by atoms with E-state index in [9.17, 15) is 22.8 Å². The number of ether oxygens (including phenoxy) is 2. The van der Waals surface area contributed by atoms with Gasteiger partial charge in [-0.2, -0.15) is 13.2 Å². The second kappa shape index (κ2) is 11.1. The molecule has 190 valence electrons. The van der Waals surface area contributed by atoms with Crippen molar-refractivity contribution in [1.82, 2.24) is 9.97 Å². The predicted octanol–water partition coefficient (Wildman–Crippen LogP) is 6.52. The zero-order valence-corrected chi connectivity index (χ0v) is 20.8. The molecule has 0 fully saturated rings. The lowest BCUT2D eigenvalue weighted by molar-refractivity contribution is -0.138. The highest BCUT2D eigenvalue weighted by Crippen LogP contribution is 2.38. The third kappa shape index (κ3) is 6.06. The summed E-state index contributed by atoms with van der Waals surface area (Å²) in [5.74, 6) is -2.38. The van der Waals surface area contributed by atoms with Gasteiger partial charge in [0.2, 0.25) is 5.88 Å². The molecule has 7 nitrogen and oxygen atoms in total. The molecule has 0 aliphatic rings. The predicted molar refractivity (Wildman–Crippen MR) is 128 cm³/mol. The molecule has 0 bridgehead atoms. The molecule has 12 heteroatoms. The Morgan fingerprint density at radius 1 is 1.08 bits per heavy atom. The number of carbonyl (C=O) groups excluding carboxylic acids is 2. The number of alkyl halides is 4. The Labute approximate surface area is 214 Å². The van der Waals surface area contributed by atoms with Crippen molar-refractivity contribution >= 4 is 40.8 Å². The SMILES string of the molecule is COC(=O)c1cc(Oc2ncc(CCl)cc2C(F)(F)F)ccc1N(C(=O)c1ccc(Cl)cn1)C(C)C. The molecular formula is C24H20Cl2F3N3O4. The molecule has 0 unspecified atom stereocenters. The minimum absolute atomic E-state index is 0.0719. The molecule has 0 radical (unpaired) electrons. The number of rotatable bonds is 7. The van der Waals surface area contributed by atoms with E-state index in [1.165, 1.54) is 41.4 Å². The van der Waals surface area contributed by atoms with E-state index in [1.54, 1.807) is 13.8 Å². The van der Waals surface area contributed by atoms with Crippen molar-refractivity contribution in [3.8, 4) is 11.6 Å². The van der Waals surface area contributed by atoms with E-state index in [-0.39, 0.29) is 34.1 Å². The van der Waals surface area contributed by atoms with Gasteiger partial charge < -0.3 is 14.4 Å². The molecule has 1 aromatic carbocycles. The molecule has 0 saturated carbocycles. The Kier molecular flexibility index (Phi) is 8.42. The number of methoxy groups -OCH3 is 1. The fraction of sp³-hybridized carbons (Fsp3) is 0.250. The zero-order chi connectivity index (χ0) is 26.6. The van der Waals surface area contributed by atoms with Crippen molar-refractivity contribution in [2.24, 2.45) is 0 Å². The van der Waals surface area contributed by atoms with Gasteiger partial charge in [-0.15, -0.1) is 11.6 Å². The molecule has 0 N–H and O–H groups in total. The topological polar surface area (TPSA) is 81.6 Å². The second-order valence-corrected chi connectivity index (χ2v) is 8.43. The summed E-state index contributed by atoms with van der Waals surface area (Å²) in [6, 6.07) is 7.20. The monoisotopic (exact) mass is 541 g/mol. The van der Waals surface area contributed by atoms with Crippen molar-refractivity contribution in [3.05, 3.63) is 76.2 Å². The summed E-state index contributed by atoms with van der Waals surface area (Å²) in [4.78, 5) is 34.9. The van der Waals surface area contributed by atoms with Crippen molar-refractivity contribution in [2.75, 3.05) is 12.0 Å². The molecule has 0 aliphatic carbocycles. The summed E-state index contributed by atoms with van der Waals surface area (Å²) < 4.78 is 51.0. The van der Waals surface area contributed by atoms with Crippen molar-refractivity contribution in [1.29, 1.82) is 0 Å². The average Bonchev–Trinajstić information content (AvgIpc) is 2.84. The summed E-state index contributed by atoms with van der Waals surface area (Å²) in [6.45, 7) is 3.44. The molecule has 3 aromatic rings. The lowest BCUT2D eigenvalue weighted by atomic mass is 10.1. The average molecular weight is 542 g/mol. The number of hydrogen-bond acceptors (Lipinski definition) is 6. The molecule has 2 heterocycles. The van der Waals surface area contributed by atoms with E-state index < -0.39 is 35.5 Å². The van der Waals surface area contributed by atoms with Crippen LogP contribution >= 0.6 is 23.2 Å². The minimum atomic E-state index is -4.76. The van der Waals surface area contributed by atoms with Crippen molar-refractivity contribution < 1.29 is 32.2 Å². The summed E-state index contributed by atoms with van der Waals surface area (Å²) in [7, 11) is 1.14. The molecule has 1 amide bonds. The van der Waals surface area contributed by atoms with Gasteiger partial charge in [0, 0.05) is 24.3 Å². The highest BCUT2D eigenvalue weighted by molar-refractivity contribution is 6.30. The number of aromatic nitrogens is 2. The summed E-state index contributed by atoms with van der Waals surface area (Å²) in [5, 5.41) is 0.338. The van der Waals surface area contributed by atoms with Gasteiger partial charge in [-0.05, 0) is 55.8 Å². The number of anilines is 1. The summed E-state index contributed by atoms with van der Waals surface area (Å²) in [6.07, 6.45) is -2.29. The van der Waals surface area contributed by atoms with Crippen molar-refractivity contribution in [2.45, 2.75) is 31.9 Å². The van der Waals surface area contributed by atoms with E-state index in [0.29, 0.717) is 5.02 Å². The van der Waals surface area contributed by atoms with Crippen LogP contribution in [-0.2, 0) is 16.8 Å². The third-order valence-electron chi connectivity index (χ3n) is 4.90. The number of amides is 1. The smallest absolute Gasteiger partial charge is 0.421 e. The molecule has 2 aromatic heterocycles.